The van der Waals surface area contributed by atoms with Crippen LogP contribution in [0.25, 0.3) is 27.6 Å². The van der Waals surface area contributed by atoms with Crippen molar-refractivity contribution in [2.75, 3.05) is 0 Å². The molecular formula is C13H9N5. The van der Waals surface area contributed by atoms with Crippen LogP contribution in [0.4, 0.5) is 0 Å². The summed E-state index contributed by atoms with van der Waals surface area (Å²) in [5, 5.41) is 17.2. The average molecular weight is 235 g/mol. The van der Waals surface area contributed by atoms with E-state index in [1.54, 1.807) is 18.6 Å². The van der Waals surface area contributed by atoms with E-state index in [1.807, 2.05) is 18.2 Å². The normalized spacial score (nSPS) is 11.3. The Hall–Kier alpha value is -2.69. The van der Waals surface area contributed by atoms with E-state index in [2.05, 4.69) is 37.1 Å². The summed E-state index contributed by atoms with van der Waals surface area (Å²) in [6.45, 7) is 0. The van der Waals surface area contributed by atoms with Crippen molar-refractivity contribution in [1.29, 1.82) is 0 Å². The van der Waals surface area contributed by atoms with E-state index in [4.69, 9.17) is 0 Å². The molecule has 1 N–H and O–H groups in total. The summed E-state index contributed by atoms with van der Waals surface area (Å²) in [7, 11) is 0. The predicted molar refractivity (Wildman–Crippen MR) is 68.5 cm³/mol. The van der Waals surface area contributed by atoms with Crippen molar-refractivity contribution < 1.29 is 0 Å². The van der Waals surface area contributed by atoms with Crippen molar-refractivity contribution >= 4 is 21.8 Å². The number of nitrogens with zero attached hydrogens (tertiary/aromatic N) is 4. The van der Waals surface area contributed by atoms with Crippen LogP contribution in [-0.2, 0) is 0 Å². The van der Waals surface area contributed by atoms with E-state index in [-0.39, 0.29) is 0 Å². The largest absolute Gasteiger partial charge is 0.292 e. The number of nitrogens with one attached hydrogen (secondary N) is 1. The molecule has 0 aliphatic heterocycles. The molecule has 0 atom stereocenters. The van der Waals surface area contributed by atoms with Crippen LogP contribution in [0.2, 0.25) is 0 Å². The molecule has 18 heavy (non-hydrogen) atoms. The molecule has 0 amide bonds. The van der Waals surface area contributed by atoms with Gasteiger partial charge in [-0.1, -0.05) is 18.2 Å². The molecule has 4 rings (SSSR count). The molecule has 5 nitrogen and oxygen atoms in total. The highest BCUT2D eigenvalue weighted by Gasteiger charge is 2.12. The second-order valence-electron chi connectivity index (χ2n) is 4.08. The first-order valence-corrected chi connectivity index (χ1v) is 5.65. The Labute approximate surface area is 102 Å². The van der Waals surface area contributed by atoms with Crippen LogP contribution in [0.5, 0.6) is 0 Å². The number of fused-ring (bicyclic) bond motifs is 3. The topological polar surface area (TPSA) is 59.4 Å². The van der Waals surface area contributed by atoms with Gasteiger partial charge >= 0.3 is 0 Å². The van der Waals surface area contributed by atoms with Crippen LogP contribution in [-0.4, -0.2) is 25.0 Å². The third-order valence-corrected chi connectivity index (χ3v) is 3.11. The van der Waals surface area contributed by atoms with E-state index in [0.29, 0.717) is 0 Å². The Morgan fingerprint density at radius 2 is 1.78 bits per heavy atom. The lowest BCUT2D eigenvalue weighted by Gasteiger charge is -2.02. The summed E-state index contributed by atoms with van der Waals surface area (Å²) in [5.74, 6) is 0.925. The first kappa shape index (κ1) is 9.35. The number of benzene rings is 1. The molecule has 5 heteroatoms. The molecule has 0 saturated carbocycles. The van der Waals surface area contributed by atoms with Crippen LogP contribution in [0.1, 0.15) is 0 Å². The predicted octanol–water partition coefficient (Wildman–Crippen LogP) is 2.30. The van der Waals surface area contributed by atoms with Gasteiger partial charge in [0.05, 0.1) is 29.6 Å². The van der Waals surface area contributed by atoms with Crippen molar-refractivity contribution in [3.8, 4) is 5.82 Å². The van der Waals surface area contributed by atoms with E-state index >= 15 is 0 Å². The summed E-state index contributed by atoms with van der Waals surface area (Å²) in [6, 6.07) is 10.2. The smallest absolute Gasteiger partial charge is 0.133 e. The van der Waals surface area contributed by atoms with Crippen molar-refractivity contribution in [2.24, 2.45) is 0 Å². The maximum absolute atomic E-state index is 4.01. The third kappa shape index (κ3) is 1.13. The van der Waals surface area contributed by atoms with E-state index < -0.39 is 0 Å². The van der Waals surface area contributed by atoms with Crippen molar-refractivity contribution in [3.63, 3.8) is 0 Å². The zero-order valence-corrected chi connectivity index (χ0v) is 9.41. The van der Waals surface area contributed by atoms with Gasteiger partial charge in [-0.3, -0.25) is 9.67 Å². The van der Waals surface area contributed by atoms with Crippen molar-refractivity contribution in [3.05, 3.63) is 48.9 Å². The van der Waals surface area contributed by atoms with Gasteiger partial charge in [-0.15, -0.1) is 0 Å². The molecule has 0 aliphatic carbocycles. The summed E-state index contributed by atoms with van der Waals surface area (Å²) in [5.41, 5.74) is 2.14. The van der Waals surface area contributed by atoms with Crippen LogP contribution in [0.3, 0.4) is 0 Å². The van der Waals surface area contributed by atoms with Crippen LogP contribution in [0, 0.1) is 0 Å². The van der Waals surface area contributed by atoms with Crippen LogP contribution >= 0.6 is 0 Å². The average Bonchev–Trinajstić information content (AvgIpc) is 3.03. The molecule has 0 unspecified atom stereocenters. The highest BCUT2D eigenvalue weighted by molar-refractivity contribution is 6.08. The lowest BCUT2D eigenvalue weighted by molar-refractivity contribution is 0.993. The fourth-order valence-corrected chi connectivity index (χ4v) is 2.36. The maximum atomic E-state index is 4.01. The standard InChI is InChI=1S/C13H9N5/c1-2-4-11-9(3-1)10-7-15-16-8-12(10)18(11)13-5-6-14-17-13/h1-8H,(H,14,17). The number of rotatable bonds is 1. The van der Waals surface area contributed by atoms with Gasteiger partial charge in [0, 0.05) is 16.8 Å². The highest BCUT2D eigenvalue weighted by Crippen LogP contribution is 2.29. The van der Waals surface area contributed by atoms with Gasteiger partial charge in [0.15, 0.2) is 0 Å². The quantitative estimate of drug-likeness (QED) is 0.550. The lowest BCUT2D eigenvalue weighted by atomic mass is 10.2. The maximum Gasteiger partial charge on any atom is 0.133 e. The summed E-state index contributed by atoms with van der Waals surface area (Å²) in [4.78, 5) is 0. The Morgan fingerprint density at radius 3 is 2.67 bits per heavy atom. The van der Waals surface area contributed by atoms with Crippen LogP contribution < -0.4 is 0 Å². The number of aromatic nitrogens is 5. The first-order chi connectivity index (χ1) is 8.95. The van der Waals surface area contributed by atoms with Gasteiger partial charge in [0.25, 0.3) is 0 Å². The molecule has 1 aromatic carbocycles. The Bertz CT molecular complexity index is 776. The zero-order valence-electron chi connectivity index (χ0n) is 9.41. The molecule has 3 aromatic heterocycles. The van der Waals surface area contributed by atoms with Crippen LogP contribution in [0.15, 0.2) is 48.9 Å². The van der Waals surface area contributed by atoms with E-state index in [1.165, 1.54) is 0 Å². The minimum atomic E-state index is 0.925. The first-order valence-electron chi connectivity index (χ1n) is 5.65. The molecule has 0 spiro atoms. The monoisotopic (exact) mass is 235 g/mol. The van der Waals surface area contributed by atoms with Gasteiger partial charge in [-0.25, -0.2) is 0 Å². The molecule has 86 valence electrons. The zero-order chi connectivity index (χ0) is 11.9. The fourth-order valence-electron chi connectivity index (χ4n) is 2.36. The van der Waals surface area contributed by atoms with Gasteiger partial charge in [-0.2, -0.15) is 15.3 Å². The number of H-pyrrole nitrogens is 1. The summed E-state index contributed by atoms with van der Waals surface area (Å²) < 4.78 is 2.10. The van der Waals surface area contributed by atoms with Gasteiger partial charge in [0.1, 0.15) is 5.82 Å². The summed E-state index contributed by atoms with van der Waals surface area (Å²) >= 11 is 0. The molecule has 3 heterocycles. The van der Waals surface area contributed by atoms with Crippen molar-refractivity contribution in [1.82, 2.24) is 25.0 Å². The Kier molecular flexibility index (Phi) is 1.77. The number of hydrogen-bond acceptors (Lipinski definition) is 3. The van der Waals surface area contributed by atoms with Gasteiger partial charge in [0.2, 0.25) is 0 Å². The highest BCUT2D eigenvalue weighted by atomic mass is 15.2. The molecule has 0 fully saturated rings. The third-order valence-electron chi connectivity index (χ3n) is 3.11. The lowest BCUT2D eigenvalue weighted by Crippen LogP contribution is -1.94. The Balaban J connectivity index is 2.28. The molecule has 4 aromatic rings. The molecule has 0 saturated heterocycles. The second-order valence-corrected chi connectivity index (χ2v) is 4.08. The minimum absolute atomic E-state index is 0.925. The molecule has 0 radical (unpaired) electrons. The fraction of sp³-hybridized carbons (Fsp3) is 0. The molecular weight excluding hydrogens is 226 g/mol. The van der Waals surface area contributed by atoms with Gasteiger partial charge < -0.3 is 0 Å². The van der Waals surface area contributed by atoms with Gasteiger partial charge in [-0.05, 0) is 6.07 Å². The SMILES string of the molecule is c1ccc2c(c1)c1cnncc1n2-c1ccn[nH]1. The van der Waals surface area contributed by atoms with E-state index in [0.717, 1.165) is 27.6 Å². The Morgan fingerprint density at radius 1 is 0.889 bits per heavy atom. The second kappa shape index (κ2) is 3.40. The van der Waals surface area contributed by atoms with Crippen molar-refractivity contribution in [2.45, 2.75) is 0 Å². The van der Waals surface area contributed by atoms with E-state index in [9.17, 15) is 0 Å². The summed E-state index contributed by atoms with van der Waals surface area (Å²) in [6.07, 6.45) is 5.31. The molecule has 0 bridgehead atoms. The minimum Gasteiger partial charge on any atom is -0.292 e. The number of aromatic amines is 1. The number of para-hydroxylation sites is 1. The number of hydrogen-bond donors (Lipinski definition) is 1. The molecule has 0 aliphatic rings.